The van der Waals surface area contributed by atoms with Gasteiger partial charge in [0.1, 0.15) is 0 Å². The molecule has 1 aliphatic rings. The first kappa shape index (κ1) is 12.6. The van der Waals surface area contributed by atoms with Gasteiger partial charge in [-0.1, -0.05) is 36.4 Å². The third kappa shape index (κ3) is 1.55. The first-order chi connectivity index (χ1) is 10.00. The number of hydrogen-bond acceptors (Lipinski definition) is 2. The highest BCUT2D eigenvalue weighted by atomic mass is 32.2. The van der Waals surface area contributed by atoms with E-state index < -0.39 is 9.84 Å². The quantitative estimate of drug-likeness (QED) is 0.485. The summed E-state index contributed by atoms with van der Waals surface area (Å²) >= 11 is 0. The fourth-order valence-corrected chi connectivity index (χ4v) is 5.05. The van der Waals surface area contributed by atoms with Crippen LogP contribution in [-0.4, -0.2) is 8.42 Å². The molecule has 0 spiro atoms. The lowest BCUT2D eigenvalue weighted by atomic mass is 9.95. The molecular weight excluding hydrogens is 280 g/mol. The van der Waals surface area contributed by atoms with Gasteiger partial charge in [-0.25, -0.2) is 8.42 Å². The highest BCUT2D eigenvalue weighted by molar-refractivity contribution is 7.92. The van der Waals surface area contributed by atoms with Crippen LogP contribution in [0.25, 0.3) is 21.9 Å². The van der Waals surface area contributed by atoms with Crippen molar-refractivity contribution in [2.45, 2.75) is 23.6 Å². The monoisotopic (exact) mass is 294 g/mol. The second kappa shape index (κ2) is 3.95. The second-order valence-corrected chi connectivity index (χ2v) is 7.50. The Morgan fingerprint density at radius 1 is 0.810 bits per heavy atom. The van der Waals surface area contributed by atoms with E-state index in [0.717, 1.165) is 33.0 Å². The van der Waals surface area contributed by atoms with Gasteiger partial charge < -0.3 is 0 Å². The Labute approximate surface area is 124 Å². The summed E-state index contributed by atoms with van der Waals surface area (Å²) in [7, 11) is -3.40. The van der Waals surface area contributed by atoms with Crippen molar-refractivity contribution in [3.63, 3.8) is 0 Å². The normalized spacial score (nSPS) is 15.0. The summed E-state index contributed by atoms with van der Waals surface area (Å²) in [5.74, 6) is 0. The third-order valence-corrected chi connectivity index (χ3v) is 6.02. The SMILES string of the molecule is Cc1ccc2c(c1)S(=O)(=O)c1cc(C)c3ccccc3c1-2. The average molecular weight is 294 g/mol. The molecule has 0 aliphatic carbocycles. The molecule has 0 fully saturated rings. The van der Waals surface area contributed by atoms with Crippen LogP contribution in [0.1, 0.15) is 11.1 Å². The summed E-state index contributed by atoms with van der Waals surface area (Å²) in [6.07, 6.45) is 0. The number of hydrogen-bond donors (Lipinski definition) is 0. The fourth-order valence-electron chi connectivity index (χ4n) is 3.19. The molecule has 3 aromatic carbocycles. The fraction of sp³-hybridized carbons (Fsp3) is 0.111. The Balaban J connectivity index is 2.28. The minimum absolute atomic E-state index is 0.438. The van der Waals surface area contributed by atoms with E-state index in [9.17, 15) is 8.42 Å². The number of benzene rings is 3. The van der Waals surface area contributed by atoms with Gasteiger partial charge in [-0.2, -0.15) is 0 Å². The van der Waals surface area contributed by atoms with Gasteiger partial charge in [0.25, 0.3) is 0 Å². The molecule has 2 nitrogen and oxygen atoms in total. The molecular formula is C18H14O2S. The van der Waals surface area contributed by atoms with Gasteiger partial charge in [0.15, 0.2) is 0 Å². The molecule has 0 unspecified atom stereocenters. The molecule has 3 heteroatoms. The van der Waals surface area contributed by atoms with E-state index in [1.165, 1.54) is 0 Å². The Bertz CT molecular complexity index is 1010. The predicted molar refractivity (Wildman–Crippen MR) is 84.3 cm³/mol. The van der Waals surface area contributed by atoms with Crippen LogP contribution in [0.2, 0.25) is 0 Å². The van der Waals surface area contributed by atoms with Crippen molar-refractivity contribution >= 4 is 20.6 Å². The van der Waals surface area contributed by atoms with Crippen molar-refractivity contribution in [1.29, 1.82) is 0 Å². The van der Waals surface area contributed by atoms with Crippen molar-refractivity contribution < 1.29 is 8.42 Å². The standard InChI is InChI=1S/C18H14O2S/c1-11-7-8-15-16(9-11)21(19,20)17-10-12(2)13-5-3-4-6-14(13)18(15)17/h3-10H,1-2H3. The molecule has 104 valence electrons. The van der Waals surface area contributed by atoms with Gasteiger partial charge in [-0.05, 0) is 47.9 Å². The minimum atomic E-state index is -3.40. The average Bonchev–Trinajstić information content (AvgIpc) is 2.68. The third-order valence-electron chi connectivity index (χ3n) is 4.20. The molecule has 21 heavy (non-hydrogen) atoms. The van der Waals surface area contributed by atoms with Crippen LogP contribution in [0.5, 0.6) is 0 Å². The van der Waals surface area contributed by atoms with Crippen molar-refractivity contribution in [2.24, 2.45) is 0 Å². The summed E-state index contributed by atoms with van der Waals surface area (Å²) < 4.78 is 25.6. The van der Waals surface area contributed by atoms with Crippen LogP contribution in [0.15, 0.2) is 58.3 Å². The van der Waals surface area contributed by atoms with Crippen molar-refractivity contribution in [2.75, 3.05) is 0 Å². The maximum atomic E-state index is 12.8. The van der Waals surface area contributed by atoms with E-state index in [-0.39, 0.29) is 0 Å². The first-order valence-electron chi connectivity index (χ1n) is 6.88. The molecule has 3 aromatic rings. The lowest BCUT2D eigenvalue weighted by Gasteiger charge is -2.08. The van der Waals surface area contributed by atoms with E-state index >= 15 is 0 Å². The summed E-state index contributed by atoms with van der Waals surface area (Å²) in [6.45, 7) is 3.88. The van der Waals surface area contributed by atoms with Crippen molar-refractivity contribution in [3.05, 3.63) is 59.7 Å². The molecule has 0 amide bonds. The Morgan fingerprint density at radius 2 is 1.52 bits per heavy atom. The molecule has 0 radical (unpaired) electrons. The predicted octanol–water partition coefficient (Wildman–Crippen LogP) is 4.27. The number of aryl methyl sites for hydroxylation is 2. The Morgan fingerprint density at radius 3 is 2.29 bits per heavy atom. The number of sulfone groups is 1. The van der Waals surface area contributed by atoms with Gasteiger partial charge in [-0.15, -0.1) is 0 Å². The maximum absolute atomic E-state index is 12.8. The van der Waals surface area contributed by atoms with Crippen LogP contribution in [0.3, 0.4) is 0 Å². The van der Waals surface area contributed by atoms with Crippen LogP contribution >= 0.6 is 0 Å². The summed E-state index contributed by atoms with van der Waals surface area (Å²) in [4.78, 5) is 0.882. The summed E-state index contributed by atoms with van der Waals surface area (Å²) in [5, 5.41) is 2.12. The Hall–Kier alpha value is -2.13. The lowest BCUT2D eigenvalue weighted by molar-refractivity contribution is 0.598. The van der Waals surface area contributed by atoms with Crippen LogP contribution in [-0.2, 0) is 9.84 Å². The maximum Gasteiger partial charge on any atom is 0.207 e. The van der Waals surface area contributed by atoms with Gasteiger partial charge in [0, 0.05) is 11.1 Å². The number of rotatable bonds is 0. The zero-order valence-electron chi connectivity index (χ0n) is 11.8. The van der Waals surface area contributed by atoms with E-state index in [1.807, 2.05) is 56.3 Å². The number of fused-ring (bicyclic) bond motifs is 5. The first-order valence-corrected chi connectivity index (χ1v) is 8.37. The molecule has 0 atom stereocenters. The zero-order valence-corrected chi connectivity index (χ0v) is 12.7. The van der Waals surface area contributed by atoms with Gasteiger partial charge in [-0.3, -0.25) is 0 Å². The smallest absolute Gasteiger partial charge is 0.207 e. The van der Waals surface area contributed by atoms with E-state index in [0.29, 0.717) is 9.79 Å². The molecule has 1 aliphatic heterocycles. The topological polar surface area (TPSA) is 34.1 Å². The summed E-state index contributed by atoms with van der Waals surface area (Å²) in [6, 6.07) is 15.5. The second-order valence-electron chi connectivity index (χ2n) is 5.62. The summed E-state index contributed by atoms with van der Waals surface area (Å²) in [5.41, 5.74) is 3.64. The molecule has 0 N–H and O–H groups in total. The van der Waals surface area contributed by atoms with Crippen molar-refractivity contribution in [3.8, 4) is 11.1 Å². The minimum Gasteiger partial charge on any atom is -0.218 e. The molecule has 0 saturated heterocycles. The molecule has 0 saturated carbocycles. The van der Waals surface area contributed by atoms with Crippen LogP contribution in [0, 0.1) is 13.8 Å². The van der Waals surface area contributed by atoms with E-state index in [1.54, 1.807) is 6.07 Å². The highest BCUT2D eigenvalue weighted by Gasteiger charge is 2.34. The lowest BCUT2D eigenvalue weighted by Crippen LogP contribution is -1.97. The molecule has 0 bridgehead atoms. The molecule has 1 heterocycles. The largest absolute Gasteiger partial charge is 0.218 e. The molecule has 0 aromatic heterocycles. The van der Waals surface area contributed by atoms with E-state index in [2.05, 4.69) is 0 Å². The van der Waals surface area contributed by atoms with Gasteiger partial charge in [0.2, 0.25) is 9.84 Å². The van der Waals surface area contributed by atoms with Gasteiger partial charge in [0.05, 0.1) is 9.79 Å². The highest BCUT2D eigenvalue weighted by Crippen LogP contribution is 2.47. The van der Waals surface area contributed by atoms with E-state index in [4.69, 9.17) is 0 Å². The molecule has 4 rings (SSSR count). The van der Waals surface area contributed by atoms with Crippen LogP contribution < -0.4 is 0 Å². The Kier molecular flexibility index (Phi) is 2.37. The van der Waals surface area contributed by atoms with Crippen molar-refractivity contribution in [1.82, 2.24) is 0 Å². The van der Waals surface area contributed by atoms with Crippen LogP contribution in [0.4, 0.5) is 0 Å². The van der Waals surface area contributed by atoms with Gasteiger partial charge >= 0.3 is 0 Å². The zero-order chi connectivity index (χ0) is 14.8.